The second-order valence-electron chi connectivity index (χ2n) is 6.24. The molecule has 0 amide bonds. The third-order valence-electron chi connectivity index (χ3n) is 4.40. The van der Waals surface area contributed by atoms with Gasteiger partial charge in [-0.3, -0.25) is 4.90 Å². The van der Waals surface area contributed by atoms with Crippen molar-refractivity contribution in [1.82, 2.24) is 10.2 Å². The Morgan fingerprint density at radius 1 is 1.03 bits per heavy atom. The lowest BCUT2D eigenvalue weighted by molar-refractivity contribution is -0.148. The molecule has 1 fully saturated rings. The van der Waals surface area contributed by atoms with Crippen molar-refractivity contribution in [2.24, 2.45) is 0 Å². The lowest BCUT2D eigenvalue weighted by Crippen LogP contribution is -2.51. The van der Waals surface area contributed by atoms with Crippen LogP contribution in [0.4, 0.5) is 35.1 Å². The van der Waals surface area contributed by atoms with Crippen LogP contribution in [0, 0.1) is 0 Å². The molecule has 1 aromatic rings. The van der Waals surface area contributed by atoms with E-state index in [0.29, 0.717) is 0 Å². The van der Waals surface area contributed by atoms with Gasteiger partial charge in [0.1, 0.15) is 18.4 Å². The highest BCUT2D eigenvalue weighted by Crippen LogP contribution is 2.48. The molecule has 2 rings (SSSR count). The highest BCUT2D eigenvalue weighted by atomic mass is 35.5. The largest absolute Gasteiger partial charge is 0.496 e. The van der Waals surface area contributed by atoms with Crippen molar-refractivity contribution in [1.29, 1.82) is 0 Å². The third-order valence-corrected chi connectivity index (χ3v) is 4.40. The van der Waals surface area contributed by atoms with Crippen LogP contribution in [0.15, 0.2) is 12.1 Å². The summed E-state index contributed by atoms with van der Waals surface area (Å²) in [6.07, 6.45) is -10.5. The van der Waals surface area contributed by atoms with E-state index in [1.165, 1.54) is 0 Å². The number of methoxy groups -OCH3 is 1. The van der Waals surface area contributed by atoms with Gasteiger partial charge in [-0.2, -0.15) is 26.3 Å². The quantitative estimate of drug-likeness (QED) is 0.660. The van der Waals surface area contributed by atoms with Crippen molar-refractivity contribution < 1.29 is 45.0 Å². The lowest BCUT2D eigenvalue weighted by atomic mass is 9.90. The molecule has 29 heavy (non-hydrogen) atoms. The van der Waals surface area contributed by atoms with Gasteiger partial charge in [0.05, 0.1) is 18.2 Å². The normalized spacial score (nSPS) is 17.6. The molecule has 0 spiro atoms. The molecule has 1 heterocycles. The Balaban J connectivity index is 0.00000420. The maximum atomic E-state index is 14.5. The zero-order valence-corrected chi connectivity index (χ0v) is 15.8. The van der Waals surface area contributed by atoms with Crippen LogP contribution in [-0.4, -0.2) is 55.8 Å². The molecular formula is C16H19ClF8N2O2. The van der Waals surface area contributed by atoms with Crippen molar-refractivity contribution in [3.63, 3.8) is 0 Å². The molecule has 1 aliphatic rings. The zero-order valence-electron chi connectivity index (χ0n) is 15.0. The van der Waals surface area contributed by atoms with Gasteiger partial charge in [0, 0.05) is 31.7 Å². The lowest BCUT2D eigenvalue weighted by Gasteiger charge is -2.40. The topological polar surface area (TPSA) is 44.7 Å². The van der Waals surface area contributed by atoms with Gasteiger partial charge >= 0.3 is 12.4 Å². The number of nitrogens with zero attached hydrogens (tertiary/aromatic N) is 1. The Morgan fingerprint density at radius 2 is 1.59 bits per heavy atom. The van der Waals surface area contributed by atoms with Crippen molar-refractivity contribution >= 4 is 12.4 Å². The maximum Gasteiger partial charge on any atom is 0.416 e. The van der Waals surface area contributed by atoms with Crippen LogP contribution in [0.1, 0.15) is 22.7 Å². The Kier molecular flexibility index (Phi) is 8.13. The molecule has 0 bridgehead atoms. The summed E-state index contributed by atoms with van der Waals surface area (Å²) in [7, 11) is 0.797. The molecule has 0 radical (unpaired) electrons. The fourth-order valence-electron chi connectivity index (χ4n) is 3.16. The Labute approximate surface area is 167 Å². The third kappa shape index (κ3) is 5.62. The van der Waals surface area contributed by atoms with Crippen molar-refractivity contribution in [3.05, 3.63) is 28.8 Å². The van der Waals surface area contributed by atoms with Gasteiger partial charge in [-0.25, -0.2) is 8.78 Å². The summed E-state index contributed by atoms with van der Waals surface area (Å²) in [5, 5.41) is 11.9. The molecular weight excluding hydrogens is 440 g/mol. The number of rotatable bonds is 5. The number of nitrogens with one attached hydrogen (secondary N) is 1. The number of hydrogen-bond donors (Lipinski definition) is 2. The number of halogens is 9. The first-order valence-corrected chi connectivity index (χ1v) is 8.12. The standard InChI is InChI=1S/C16H18F8N2O2.ClH/c1-28-11-7-9(15(19,20)21)6-10(16(22,23)24)12(11)13(14(17,18)8-27)26-4-2-25-3-5-26;/h6-7,13,25,27H,2-5,8H2,1H3;1H/t13-;/m0./s1. The van der Waals surface area contributed by atoms with Crippen LogP contribution < -0.4 is 10.1 Å². The number of alkyl halides is 8. The SMILES string of the molecule is COc1cc(C(F)(F)F)cc(C(F)(F)F)c1[C@H](N1CCNCC1)C(F)(F)CO.Cl. The van der Waals surface area contributed by atoms with E-state index < -0.39 is 53.4 Å². The van der Waals surface area contributed by atoms with Crippen LogP contribution in [-0.2, 0) is 12.4 Å². The summed E-state index contributed by atoms with van der Waals surface area (Å²) in [6, 6.07) is -2.28. The van der Waals surface area contributed by atoms with E-state index in [9.17, 15) is 35.1 Å². The molecule has 0 aromatic heterocycles. The van der Waals surface area contributed by atoms with Gasteiger partial charge < -0.3 is 15.2 Å². The number of ether oxygens (including phenoxy) is 1. The number of piperazine rings is 1. The monoisotopic (exact) mass is 458 g/mol. The Bertz CT molecular complexity index is 691. The summed E-state index contributed by atoms with van der Waals surface area (Å²) in [6.45, 7) is -1.61. The van der Waals surface area contributed by atoms with E-state index in [2.05, 4.69) is 10.1 Å². The van der Waals surface area contributed by atoms with Crippen LogP contribution in [0.25, 0.3) is 0 Å². The van der Waals surface area contributed by atoms with Gasteiger partial charge in [0.25, 0.3) is 5.92 Å². The van der Waals surface area contributed by atoms with E-state index >= 15 is 0 Å². The molecule has 1 saturated heterocycles. The van der Waals surface area contributed by atoms with E-state index in [1.807, 2.05) is 0 Å². The Morgan fingerprint density at radius 3 is 2.00 bits per heavy atom. The van der Waals surface area contributed by atoms with E-state index in [-0.39, 0.29) is 50.7 Å². The highest BCUT2D eigenvalue weighted by Gasteiger charge is 2.50. The predicted octanol–water partition coefficient (Wildman–Crippen LogP) is 3.73. The molecule has 13 heteroatoms. The molecule has 1 atom stereocenters. The van der Waals surface area contributed by atoms with Crippen molar-refractivity contribution in [2.75, 3.05) is 39.9 Å². The second-order valence-corrected chi connectivity index (χ2v) is 6.24. The number of aliphatic hydroxyl groups is 1. The molecule has 1 aromatic carbocycles. The molecule has 2 N–H and O–H groups in total. The van der Waals surface area contributed by atoms with Gasteiger partial charge in [0.2, 0.25) is 0 Å². The molecule has 0 saturated carbocycles. The fraction of sp³-hybridized carbons (Fsp3) is 0.625. The first kappa shape index (κ1) is 25.7. The molecule has 168 valence electrons. The maximum absolute atomic E-state index is 14.5. The summed E-state index contributed by atoms with van der Waals surface area (Å²) in [5.74, 6) is -5.04. The van der Waals surface area contributed by atoms with Gasteiger partial charge in [-0.1, -0.05) is 0 Å². The molecule has 1 aliphatic heterocycles. The van der Waals surface area contributed by atoms with Gasteiger partial charge in [-0.05, 0) is 12.1 Å². The minimum absolute atomic E-state index is 0. The van der Waals surface area contributed by atoms with Crippen molar-refractivity contribution in [2.45, 2.75) is 24.3 Å². The van der Waals surface area contributed by atoms with Crippen LogP contribution in [0.2, 0.25) is 0 Å². The van der Waals surface area contributed by atoms with E-state index in [4.69, 9.17) is 5.11 Å². The average molecular weight is 459 g/mol. The van der Waals surface area contributed by atoms with Gasteiger partial charge in [-0.15, -0.1) is 12.4 Å². The minimum atomic E-state index is -5.36. The average Bonchev–Trinajstić information content (AvgIpc) is 2.60. The summed E-state index contributed by atoms with van der Waals surface area (Å²) < 4.78 is 114. The second kappa shape index (κ2) is 9.19. The predicted molar refractivity (Wildman–Crippen MR) is 89.5 cm³/mol. The molecule has 0 aliphatic carbocycles. The first-order chi connectivity index (χ1) is 12.8. The fourth-order valence-corrected chi connectivity index (χ4v) is 3.16. The number of hydrogen-bond acceptors (Lipinski definition) is 4. The van der Waals surface area contributed by atoms with E-state index in [1.54, 1.807) is 0 Å². The zero-order chi connectivity index (χ0) is 21.3. The summed E-state index contributed by atoms with van der Waals surface area (Å²) >= 11 is 0. The Hall–Kier alpha value is -1.37. The number of aliphatic hydroxyl groups excluding tert-OH is 1. The molecule has 0 unspecified atom stereocenters. The summed E-state index contributed by atoms with van der Waals surface area (Å²) in [5.41, 5.74) is -4.69. The molecule has 4 nitrogen and oxygen atoms in total. The van der Waals surface area contributed by atoms with E-state index in [0.717, 1.165) is 12.0 Å². The van der Waals surface area contributed by atoms with Gasteiger partial charge in [0.15, 0.2) is 0 Å². The minimum Gasteiger partial charge on any atom is -0.496 e. The highest BCUT2D eigenvalue weighted by molar-refractivity contribution is 5.85. The van der Waals surface area contributed by atoms with Crippen LogP contribution >= 0.6 is 12.4 Å². The smallest absolute Gasteiger partial charge is 0.416 e. The van der Waals surface area contributed by atoms with Crippen molar-refractivity contribution in [3.8, 4) is 5.75 Å². The van der Waals surface area contributed by atoms with Crippen LogP contribution in [0.5, 0.6) is 5.75 Å². The first-order valence-electron chi connectivity index (χ1n) is 8.12. The summed E-state index contributed by atoms with van der Waals surface area (Å²) in [4.78, 5) is 0.993. The van der Waals surface area contributed by atoms with Crippen LogP contribution in [0.3, 0.4) is 0 Å². The number of benzene rings is 1.